The summed E-state index contributed by atoms with van der Waals surface area (Å²) >= 11 is 0. The molecule has 0 heterocycles. The van der Waals surface area contributed by atoms with Gasteiger partial charge in [-0.25, -0.2) is 0 Å². The van der Waals surface area contributed by atoms with Gasteiger partial charge < -0.3 is 0 Å². The molecular formula is C22H18O. The molecule has 1 aliphatic rings. The van der Waals surface area contributed by atoms with Crippen LogP contribution in [0, 0.1) is 0 Å². The maximum atomic E-state index is 13.2. The summed E-state index contributed by atoms with van der Waals surface area (Å²) in [6, 6.07) is 28.7. The Hall–Kier alpha value is -2.67. The molecule has 0 amide bonds. The second kappa shape index (κ2) is 5.85. The summed E-state index contributed by atoms with van der Waals surface area (Å²) < 4.78 is 0. The van der Waals surface area contributed by atoms with Crippen molar-refractivity contribution in [1.29, 1.82) is 0 Å². The van der Waals surface area contributed by atoms with E-state index in [2.05, 4.69) is 42.5 Å². The lowest BCUT2D eigenvalue weighted by atomic mass is 9.69. The minimum Gasteiger partial charge on any atom is -0.293 e. The molecule has 112 valence electrons. The Morgan fingerprint density at radius 2 is 1.22 bits per heavy atom. The van der Waals surface area contributed by atoms with Crippen LogP contribution >= 0.6 is 0 Å². The van der Waals surface area contributed by atoms with Gasteiger partial charge in [0.1, 0.15) is 0 Å². The molecule has 0 radical (unpaired) electrons. The topological polar surface area (TPSA) is 17.1 Å². The van der Waals surface area contributed by atoms with Crippen molar-refractivity contribution in [2.24, 2.45) is 0 Å². The zero-order valence-corrected chi connectivity index (χ0v) is 12.9. The SMILES string of the molecule is O=C1c2ccccc2C[C@@H](c2ccccc2)[C@H]1c1ccccc1. The van der Waals surface area contributed by atoms with E-state index in [-0.39, 0.29) is 17.6 Å². The van der Waals surface area contributed by atoms with Crippen molar-refractivity contribution < 1.29 is 4.79 Å². The summed E-state index contributed by atoms with van der Waals surface area (Å²) in [7, 11) is 0. The molecule has 1 nitrogen and oxygen atoms in total. The fourth-order valence-electron chi connectivity index (χ4n) is 3.70. The van der Waals surface area contributed by atoms with Crippen LogP contribution in [0.2, 0.25) is 0 Å². The summed E-state index contributed by atoms with van der Waals surface area (Å²) in [5.41, 5.74) is 4.40. The number of rotatable bonds is 2. The van der Waals surface area contributed by atoms with Crippen LogP contribution in [-0.4, -0.2) is 5.78 Å². The van der Waals surface area contributed by atoms with Crippen molar-refractivity contribution in [3.8, 4) is 0 Å². The Morgan fingerprint density at radius 1 is 0.652 bits per heavy atom. The Kier molecular flexibility index (Phi) is 3.55. The van der Waals surface area contributed by atoms with Crippen molar-refractivity contribution in [3.05, 3.63) is 107 Å². The van der Waals surface area contributed by atoms with E-state index in [1.54, 1.807) is 0 Å². The molecule has 0 spiro atoms. The van der Waals surface area contributed by atoms with E-state index < -0.39 is 0 Å². The zero-order chi connectivity index (χ0) is 15.6. The molecule has 0 aliphatic heterocycles. The van der Waals surface area contributed by atoms with E-state index in [0.717, 1.165) is 17.5 Å². The Bertz CT molecular complexity index is 821. The van der Waals surface area contributed by atoms with Crippen LogP contribution in [0.1, 0.15) is 38.9 Å². The molecule has 1 aliphatic carbocycles. The van der Waals surface area contributed by atoms with Gasteiger partial charge in [-0.2, -0.15) is 0 Å². The van der Waals surface area contributed by atoms with Crippen LogP contribution in [0.4, 0.5) is 0 Å². The Balaban J connectivity index is 1.87. The summed E-state index contributed by atoms with van der Waals surface area (Å²) in [5, 5.41) is 0. The highest BCUT2D eigenvalue weighted by Gasteiger charge is 2.36. The van der Waals surface area contributed by atoms with Crippen LogP contribution in [-0.2, 0) is 6.42 Å². The smallest absolute Gasteiger partial charge is 0.171 e. The van der Waals surface area contributed by atoms with Crippen LogP contribution < -0.4 is 0 Å². The summed E-state index contributed by atoms with van der Waals surface area (Å²) in [6.45, 7) is 0. The number of carbonyl (C=O) groups is 1. The van der Waals surface area contributed by atoms with E-state index in [0.29, 0.717) is 0 Å². The highest BCUT2D eigenvalue weighted by molar-refractivity contribution is 6.04. The first-order valence-corrected chi connectivity index (χ1v) is 8.06. The number of Topliss-reactive ketones (excluding diaryl/α,β-unsaturated/α-hetero) is 1. The van der Waals surface area contributed by atoms with Crippen LogP contribution in [0.25, 0.3) is 0 Å². The van der Waals surface area contributed by atoms with Crippen LogP contribution in [0.3, 0.4) is 0 Å². The molecule has 23 heavy (non-hydrogen) atoms. The number of benzene rings is 3. The lowest BCUT2D eigenvalue weighted by Crippen LogP contribution is -2.28. The predicted octanol–water partition coefficient (Wildman–Crippen LogP) is 4.99. The van der Waals surface area contributed by atoms with E-state index in [9.17, 15) is 4.79 Å². The minimum absolute atomic E-state index is 0.103. The van der Waals surface area contributed by atoms with Gasteiger partial charge in [0.05, 0.1) is 5.92 Å². The highest BCUT2D eigenvalue weighted by Crippen LogP contribution is 2.42. The van der Waals surface area contributed by atoms with Gasteiger partial charge in [-0.1, -0.05) is 84.9 Å². The average Bonchev–Trinajstić information content (AvgIpc) is 2.63. The molecular weight excluding hydrogens is 280 g/mol. The Morgan fingerprint density at radius 3 is 1.91 bits per heavy atom. The molecule has 0 aromatic heterocycles. The molecule has 3 aromatic carbocycles. The molecule has 0 N–H and O–H groups in total. The average molecular weight is 298 g/mol. The standard InChI is InChI=1S/C22H18O/c23-22-19-14-8-7-13-18(19)15-20(16-9-3-1-4-10-16)21(22)17-11-5-2-6-12-17/h1-14,20-21H,15H2/t20-,21+/m0/s1. The van der Waals surface area contributed by atoms with Gasteiger partial charge in [-0.15, -0.1) is 0 Å². The van der Waals surface area contributed by atoms with Gasteiger partial charge in [-0.3, -0.25) is 4.79 Å². The van der Waals surface area contributed by atoms with E-state index in [1.807, 2.05) is 42.5 Å². The first-order chi connectivity index (χ1) is 11.3. The number of hydrogen-bond acceptors (Lipinski definition) is 1. The zero-order valence-electron chi connectivity index (χ0n) is 12.9. The van der Waals surface area contributed by atoms with Crippen LogP contribution in [0.5, 0.6) is 0 Å². The van der Waals surface area contributed by atoms with Gasteiger partial charge in [-0.05, 0) is 23.1 Å². The quantitative estimate of drug-likeness (QED) is 0.651. The third kappa shape index (κ3) is 2.49. The predicted molar refractivity (Wildman–Crippen MR) is 92.8 cm³/mol. The summed E-state index contributed by atoms with van der Waals surface area (Å²) in [5.74, 6) is 0.335. The normalized spacial score (nSPS) is 20.1. The van der Waals surface area contributed by atoms with Gasteiger partial charge in [0.2, 0.25) is 0 Å². The minimum atomic E-state index is -0.103. The van der Waals surface area contributed by atoms with E-state index >= 15 is 0 Å². The number of fused-ring (bicyclic) bond motifs is 1. The fourth-order valence-corrected chi connectivity index (χ4v) is 3.70. The van der Waals surface area contributed by atoms with Crippen molar-refractivity contribution in [2.75, 3.05) is 0 Å². The van der Waals surface area contributed by atoms with Crippen LogP contribution in [0.15, 0.2) is 84.9 Å². The van der Waals surface area contributed by atoms with Gasteiger partial charge in [0, 0.05) is 11.5 Å². The molecule has 0 bridgehead atoms. The summed E-state index contributed by atoms with van der Waals surface area (Å²) in [6.07, 6.45) is 0.908. The Labute approximate surface area is 136 Å². The monoisotopic (exact) mass is 298 g/mol. The van der Waals surface area contributed by atoms with Gasteiger partial charge in [0.25, 0.3) is 0 Å². The van der Waals surface area contributed by atoms with Crippen molar-refractivity contribution in [2.45, 2.75) is 18.3 Å². The maximum absolute atomic E-state index is 13.2. The molecule has 3 aromatic rings. The second-order valence-electron chi connectivity index (χ2n) is 6.13. The molecule has 2 atom stereocenters. The van der Waals surface area contributed by atoms with E-state index in [1.165, 1.54) is 11.1 Å². The first-order valence-electron chi connectivity index (χ1n) is 8.06. The largest absolute Gasteiger partial charge is 0.293 e. The second-order valence-corrected chi connectivity index (χ2v) is 6.13. The lowest BCUT2D eigenvalue weighted by Gasteiger charge is -2.32. The molecule has 4 rings (SSSR count). The number of carbonyl (C=O) groups excluding carboxylic acids is 1. The first kappa shape index (κ1) is 14.0. The maximum Gasteiger partial charge on any atom is 0.171 e. The van der Waals surface area contributed by atoms with E-state index in [4.69, 9.17) is 0 Å². The lowest BCUT2D eigenvalue weighted by molar-refractivity contribution is 0.0935. The molecule has 0 saturated carbocycles. The van der Waals surface area contributed by atoms with Gasteiger partial charge >= 0.3 is 0 Å². The number of hydrogen-bond donors (Lipinski definition) is 0. The number of ketones is 1. The molecule has 0 saturated heterocycles. The molecule has 1 heteroatoms. The third-order valence-corrected chi connectivity index (χ3v) is 4.79. The third-order valence-electron chi connectivity index (χ3n) is 4.79. The van der Waals surface area contributed by atoms with Crippen molar-refractivity contribution in [3.63, 3.8) is 0 Å². The summed E-state index contributed by atoms with van der Waals surface area (Å²) in [4.78, 5) is 13.2. The highest BCUT2D eigenvalue weighted by atomic mass is 16.1. The van der Waals surface area contributed by atoms with Crippen molar-refractivity contribution in [1.82, 2.24) is 0 Å². The molecule has 0 fully saturated rings. The fraction of sp³-hybridized carbons (Fsp3) is 0.136. The van der Waals surface area contributed by atoms with Crippen molar-refractivity contribution >= 4 is 5.78 Å². The molecule has 0 unspecified atom stereocenters. The van der Waals surface area contributed by atoms with Gasteiger partial charge in [0.15, 0.2) is 5.78 Å².